The van der Waals surface area contributed by atoms with Gasteiger partial charge < -0.3 is 15.4 Å². The van der Waals surface area contributed by atoms with Crippen LogP contribution in [-0.4, -0.2) is 60.8 Å². The minimum atomic E-state index is -0.414. The number of carbonyl (C=O) groups excluding carboxylic acids is 1. The maximum Gasteiger partial charge on any atom is 0.410 e. The predicted octanol–water partition coefficient (Wildman–Crippen LogP) is 2.16. The van der Waals surface area contributed by atoms with Crippen LogP contribution in [0, 0.1) is 17.3 Å². The fraction of sp³-hybridized carbons (Fsp3) is 0.941. The van der Waals surface area contributed by atoms with E-state index in [-0.39, 0.29) is 6.09 Å². The summed E-state index contributed by atoms with van der Waals surface area (Å²) in [6.45, 7) is 15.7. The normalized spacial score (nSPS) is 28.5. The molecule has 2 aliphatic rings. The van der Waals surface area contributed by atoms with Gasteiger partial charge in [-0.1, -0.05) is 13.8 Å². The summed E-state index contributed by atoms with van der Waals surface area (Å²) in [5.74, 6) is 1.46. The monoisotopic (exact) mass is 311 g/mol. The Labute approximate surface area is 135 Å². The van der Waals surface area contributed by atoms with Gasteiger partial charge in [-0.25, -0.2) is 4.79 Å². The van der Waals surface area contributed by atoms with E-state index in [1.807, 2.05) is 25.7 Å². The number of hydrogen-bond donors (Lipinski definition) is 1. The largest absolute Gasteiger partial charge is 0.444 e. The Bertz CT molecular complexity index is 395. The quantitative estimate of drug-likeness (QED) is 0.864. The maximum absolute atomic E-state index is 12.0. The summed E-state index contributed by atoms with van der Waals surface area (Å²) < 4.78 is 5.43. The Hall–Kier alpha value is -0.810. The maximum atomic E-state index is 12.0. The minimum Gasteiger partial charge on any atom is -0.444 e. The summed E-state index contributed by atoms with van der Waals surface area (Å²) in [6, 6.07) is 0. The highest BCUT2D eigenvalue weighted by molar-refractivity contribution is 5.68. The van der Waals surface area contributed by atoms with E-state index in [0.717, 1.165) is 45.2 Å². The van der Waals surface area contributed by atoms with Gasteiger partial charge in [0.2, 0.25) is 0 Å². The topological polar surface area (TPSA) is 58.8 Å². The summed E-state index contributed by atoms with van der Waals surface area (Å²) >= 11 is 0. The number of nitrogens with zero attached hydrogens (tertiary/aromatic N) is 2. The summed E-state index contributed by atoms with van der Waals surface area (Å²) in [7, 11) is 0. The van der Waals surface area contributed by atoms with Crippen molar-refractivity contribution in [2.45, 2.75) is 46.6 Å². The molecule has 1 saturated heterocycles. The van der Waals surface area contributed by atoms with Crippen LogP contribution >= 0.6 is 0 Å². The number of hydrogen-bond acceptors (Lipinski definition) is 4. The van der Waals surface area contributed by atoms with E-state index in [1.54, 1.807) is 0 Å². The molecule has 2 N–H and O–H groups in total. The molecule has 0 aromatic rings. The molecule has 2 fully saturated rings. The van der Waals surface area contributed by atoms with Crippen molar-refractivity contribution >= 4 is 6.09 Å². The van der Waals surface area contributed by atoms with E-state index in [2.05, 4.69) is 18.7 Å². The molecule has 0 spiro atoms. The van der Waals surface area contributed by atoms with Crippen molar-refractivity contribution in [1.82, 2.24) is 9.80 Å². The van der Waals surface area contributed by atoms with Gasteiger partial charge >= 0.3 is 6.09 Å². The molecule has 128 valence electrons. The number of amides is 1. The Kier molecular flexibility index (Phi) is 5.07. The molecule has 2 atom stereocenters. The van der Waals surface area contributed by atoms with E-state index in [0.29, 0.717) is 11.3 Å². The Morgan fingerprint density at radius 1 is 1.18 bits per heavy atom. The molecule has 1 aliphatic heterocycles. The van der Waals surface area contributed by atoms with Crippen LogP contribution in [0.25, 0.3) is 0 Å². The highest BCUT2D eigenvalue weighted by Crippen LogP contribution is 2.59. The van der Waals surface area contributed by atoms with Crippen LogP contribution in [0.15, 0.2) is 0 Å². The Morgan fingerprint density at radius 3 is 2.23 bits per heavy atom. The van der Waals surface area contributed by atoms with E-state index < -0.39 is 5.60 Å². The second-order valence-electron chi connectivity index (χ2n) is 8.37. The lowest BCUT2D eigenvalue weighted by Gasteiger charge is -2.35. The van der Waals surface area contributed by atoms with Crippen molar-refractivity contribution in [2.24, 2.45) is 23.0 Å². The minimum absolute atomic E-state index is 0.182. The average Bonchev–Trinajstić information content (AvgIpc) is 2.95. The van der Waals surface area contributed by atoms with E-state index >= 15 is 0 Å². The molecule has 2 unspecified atom stereocenters. The van der Waals surface area contributed by atoms with Crippen LogP contribution in [0.2, 0.25) is 0 Å². The lowest BCUT2D eigenvalue weighted by atomic mass is 10.1. The number of piperazine rings is 1. The summed E-state index contributed by atoms with van der Waals surface area (Å²) in [5.41, 5.74) is 5.85. The van der Waals surface area contributed by atoms with Crippen molar-refractivity contribution in [1.29, 1.82) is 0 Å². The smallest absolute Gasteiger partial charge is 0.410 e. The first-order chi connectivity index (χ1) is 10.1. The second kappa shape index (κ2) is 6.36. The Morgan fingerprint density at radius 2 is 1.77 bits per heavy atom. The van der Waals surface area contributed by atoms with Crippen molar-refractivity contribution in [3.63, 3.8) is 0 Å². The SMILES string of the molecule is CC(C)(C)OC(=O)N1CCN(CCC2C(CN)C2(C)C)CC1. The zero-order valence-electron chi connectivity index (χ0n) is 14.9. The fourth-order valence-electron chi connectivity index (χ4n) is 3.70. The van der Waals surface area contributed by atoms with E-state index in [9.17, 15) is 4.79 Å². The van der Waals surface area contributed by atoms with Gasteiger partial charge in [0.05, 0.1) is 0 Å². The van der Waals surface area contributed by atoms with Gasteiger partial charge in [-0.05, 0) is 57.5 Å². The molecule has 22 heavy (non-hydrogen) atoms. The second-order valence-corrected chi connectivity index (χ2v) is 8.37. The molecule has 5 heteroatoms. The molecule has 1 heterocycles. The Balaban J connectivity index is 1.69. The molecule has 2 rings (SSSR count). The van der Waals surface area contributed by atoms with Gasteiger partial charge in [0.15, 0.2) is 0 Å². The molecular weight excluding hydrogens is 278 g/mol. The van der Waals surface area contributed by atoms with Crippen LogP contribution < -0.4 is 5.73 Å². The van der Waals surface area contributed by atoms with Crippen LogP contribution in [0.4, 0.5) is 4.79 Å². The summed E-state index contributed by atoms with van der Waals surface area (Å²) in [5, 5.41) is 0. The lowest BCUT2D eigenvalue weighted by molar-refractivity contribution is 0.0143. The molecule has 1 amide bonds. The summed E-state index contributed by atoms with van der Waals surface area (Å²) in [4.78, 5) is 16.3. The van der Waals surface area contributed by atoms with Gasteiger partial charge in [-0.3, -0.25) is 4.90 Å². The highest BCUT2D eigenvalue weighted by atomic mass is 16.6. The molecule has 1 saturated carbocycles. The molecule has 0 radical (unpaired) electrons. The van der Waals surface area contributed by atoms with Gasteiger partial charge in [0, 0.05) is 26.2 Å². The predicted molar refractivity (Wildman–Crippen MR) is 88.7 cm³/mol. The third kappa shape index (κ3) is 4.13. The van der Waals surface area contributed by atoms with Crippen LogP contribution in [0.5, 0.6) is 0 Å². The zero-order chi connectivity index (χ0) is 16.5. The number of rotatable bonds is 4. The van der Waals surface area contributed by atoms with Crippen LogP contribution in [0.1, 0.15) is 41.0 Å². The van der Waals surface area contributed by atoms with Crippen molar-refractivity contribution < 1.29 is 9.53 Å². The molecule has 0 aromatic carbocycles. The van der Waals surface area contributed by atoms with Gasteiger partial charge in [0.25, 0.3) is 0 Å². The van der Waals surface area contributed by atoms with E-state index in [4.69, 9.17) is 10.5 Å². The van der Waals surface area contributed by atoms with Crippen molar-refractivity contribution in [3.8, 4) is 0 Å². The molecule has 0 aromatic heterocycles. The zero-order valence-corrected chi connectivity index (χ0v) is 14.9. The van der Waals surface area contributed by atoms with Gasteiger partial charge in [-0.15, -0.1) is 0 Å². The standard InChI is InChI=1S/C17H33N3O2/c1-16(2,3)22-15(21)20-10-8-19(9-11-20)7-6-13-14(12-18)17(13,4)5/h13-14H,6-12,18H2,1-5H3. The van der Waals surface area contributed by atoms with Gasteiger partial charge in [-0.2, -0.15) is 0 Å². The third-order valence-electron chi connectivity index (χ3n) is 5.32. The van der Waals surface area contributed by atoms with Crippen LogP contribution in [-0.2, 0) is 4.74 Å². The number of nitrogens with two attached hydrogens (primary N) is 1. The molecule has 5 nitrogen and oxygen atoms in total. The van der Waals surface area contributed by atoms with Crippen molar-refractivity contribution in [2.75, 3.05) is 39.3 Å². The lowest BCUT2D eigenvalue weighted by Crippen LogP contribution is -2.50. The van der Waals surface area contributed by atoms with Crippen molar-refractivity contribution in [3.05, 3.63) is 0 Å². The highest BCUT2D eigenvalue weighted by Gasteiger charge is 2.55. The first-order valence-corrected chi connectivity index (χ1v) is 8.55. The third-order valence-corrected chi connectivity index (χ3v) is 5.32. The number of carbonyl (C=O) groups is 1. The molecule has 1 aliphatic carbocycles. The summed E-state index contributed by atoms with van der Waals surface area (Å²) in [6.07, 6.45) is 1.04. The molecular formula is C17H33N3O2. The van der Waals surface area contributed by atoms with E-state index in [1.165, 1.54) is 6.42 Å². The average molecular weight is 311 g/mol. The molecule has 0 bridgehead atoms. The van der Waals surface area contributed by atoms with Crippen LogP contribution in [0.3, 0.4) is 0 Å². The first-order valence-electron chi connectivity index (χ1n) is 8.55. The van der Waals surface area contributed by atoms with Gasteiger partial charge in [0.1, 0.15) is 5.60 Å². The fourth-order valence-corrected chi connectivity index (χ4v) is 3.70. The number of ether oxygens (including phenoxy) is 1. The first kappa shape index (κ1) is 17.5.